The van der Waals surface area contributed by atoms with E-state index in [2.05, 4.69) is 6.92 Å². The second-order valence-electron chi connectivity index (χ2n) is 3.12. The van der Waals surface area contributed by atoms with Crippen LogP contribution in [0.5, 0.6) is 0 Å². The predicted molar refractivity (Wildman–Crippen MR) is 62.8 cm³/mol. The number of rotatable bonds is 5. The van der Waals surface area contributed by atoms with Crippen LogP contribution in [0.2, 0.25) is 8.67 Å². The Morgan fingerprint density at radius 1 is 1.43 bits per heavy atom. The molecule has 0 radical (unpaired) electrons. The van der Waals surface area contributed by atoms with E-state index >= 15 is 0 Å². The number of ketones is 1. The first kappa shape index (κ1) is 12.0. The molecule has 0 aliphatic heterocycles. The molecule has 0 bridgehead atoms. The van der Waals surface area contributed by atoms with Gasteiger partial charge in [-0.25, -0.2) is 0 Å². The first-order chi connectivity index (χ1) is 6.65. The summed E-state index contributed by atoms with van der Waals surface area (Å²) in [6.07, 6.45) is 3.70. The standard InChI is InChI=1S/C10H12Cl2OS/c1-2-3-4-5-8(13)7-6-9(11)14-10(7)12/h6H,2-5H2,1H3. The molecular formula is C10H12Cl2OS. The molecule has 0 saturated carbocycles. The maximum absolute atomic E-state index is 11.6. The van der Waals surface area contributed by atoms with E-state index in [1.54, 1.807) is 6.07 Å². The molecule has 0 aliphatic rings. The summed E-state index contributed by atoms with van der Waals surface area (Å²) in [6, 6.07) is 1.66. The molecule has 0 amide bonds. The average molecular weight is 251 g/mol. The Hall–Kier alpha value is -0.0500. The van der Waals surface area contributed by atoms with E-state index in [0.29, 0.717) is 20.7 Å². The van der Waals surface area contributed by atoms with Gasteiger partial charge in [0.2, 0.25) is 0 Å². The second kappa shape index (κ2) is 5.74. The molecule has 0 fully saturated rings. The zero-order valence-corrected chi connectivity index (χ0v) is 10.3. The lowest BCUT2D eigenvalue weighted by Crippen LogP contribution is -1.97. The minimum atomic E-state index is 0.103. The lowest BCUT2D eigenvalue weighted by molar-refractivity contribution is 0.0980. The highest BCUT2D eigenvalue weighted by molar-refractivity contribution is 7.20. The monoisotopic (exact) mass is 250 g/mol. The normalized spacial score (nSPS) is 10.5. The predicted octanol–water partition coefficient (Wildman–Crippen LogP) is 4.82. The number of halogens is 2. The van der Waals surface area contributed by atoms with Crippen LogP contribution in [0.1, 0.15) is 43.0 Å². The van der Waals surface area contributed by atoms with Crippen LogP contribution in [0, 0.1) is 0 Å². The summed E-state index contributed by atoms with van der Waals surface area (Å²) in [5, 5.41) is 0. The molecule has 0 unspecified atom stereocenters. The van der Waals surface area contributed by atoms with Gasteiger partial charge in [-0.3, -0.25) is 4.79 Å². The lowest BCUT2D eigenvalue weighted by Gasteiger charge is -1.97. The zero-order chi connectivity index (χ0) is 10.6. The molecule has 14 heavy (non-hydrogen) atoms. The van der Waals surface area contributed by atoms with E-state index in [9.17, 15) is 4.79 Å². The van der Waals surface area contributed by atoms with Gasteiger partial charge in [-0.05, 0) is 12.5 Å². The van der Waals surface area contributed by atoms with Crippen molar-refractivity contribution < 1.29 is 4.79 Å². The van der Waals surface area contributed by atoms with E-state index in [1.807, 2.05) is 0 Å². The van der Waals surface area contributed by atoms with Crippen molar-refractivity contribution in [2.75, 3.05) is 0 Å². The Labute approximate surface area is 98.0 Å². The maximum atomic E-state index is 11.6. The van der Waals surface area contributed by atoms with Crippen molar-refractivity contribution in [3.8, 4) is 0 Å². The summed E-state index contributed by atoms with van der Waals surface area (Å²) in [7, 11) is 0. The molecular weight excluding hydrogens is 239 g/mol. The first-order valence-electron chi connectivity index (χ1n) is 4.63. The maximum Gasteiger partial charge on any atom is 0.165 e. The Morgan fingerprint density at radius 2 is 2.14 bits per heavy atom. The van der Waals surface area contributed by atoms with Gasteiger partial charge in [0.25, 0.3) is 0 Å². The van der Waals surface area contributed by atoms with E-state index < -0.39 is 0 Å². The topological polar surface area (TPSA) is 17.1 Å². The molecule has 1 nitrogen and oxygen atoms in total. The van der Waals surface area contributed by atoms with Crippen LogP contribution < -0.4 is 0 Å². The summed E-state index contributed by atoms with van der Waals surface area (Å²) in [5.74, 6) is 0.103. The van der Waals surface area contributed by atoms with Gasteiger partial charge in [-0.15, -0.1) is 11.3 Å². The Morgan fingerprint density at radius 3 is 2.64 bits per heavy atom. The molecule has 0 saturated heterocycles. The molecule has 0 aliphatic carbocycles. The van der Waals surface area contributed by atoms with Crippen molar-refractivity contribution in [1.29, 1.82) is 0 Å². The van der Waals surface area contributed by atoms with Gasteiger partial charge in [-0.2, -0.15) is 0 Å². The average Bonchev–Trinajstić information content (AvgIpc) is 2.45. The Bertz CT molecular complexity index is 320. The van der Waals surface area contributed by atoms with Crippen LogP contribution in [0.25, 0.3) is 0 Å². The highest BCUT2D eigenvalue weighted by Gasteiger charge is 2.13. The van der Waals surface area contributed by atoms with Crippen molar-refractivity contribution in [1.82, 2.24) is 0 Å². The smallest absolute Gasteiger partial charge is 0.165 e. The summed E-state index contributed by atoms with van der Waals surface area (Å²) in [5.41, 5.74) is 0.581. The number of hydrogen-bond donors (Lipinski definition) is 0. The number of carbonyl (C=O) groups excluding carboxylic acids is 1. The van der Waals surface area contributed by atoms with Crippen molar-refractivity contribution >= 4 is 40.3 Å². The van der Waals surface area contributed by atoms with Crippen molar-refractivity contribution in [3.63, 3.8) is 0 Å². The molecule has 0 atom stereocenters. The molecule has 1 aromatic rings. The molecule has 1 aromatic heterocycles. The lowest BCUT2D eigenvalue weighted by atomic mass is 10.1. The summed E-state index contributed by atoms with van der Waals surface area (Å²) >= 11 is 12.9. The molecule has 0 N–H and O–H groups in total. The van der Waals surface area contributed by atoms with Crippen LogP contribution in [0.15, 0.2) is 6.07 Å². The van der Waals surface area contributed by atoms with Gasteiger partial charge in [-0.1, -0.05) is 43.0 Å². The summed E-state index contributed by atoms with van der Waals surface area (Å²) in [4.78, 5) is 11.6. The van der Waals surface area contributed by atoms with Gasteiger partial charge >= 0.3 is 0 Å². The van der Waals surface area contributed by atoms with Gasteiger partial charge in [0, 0.05) is 12.0 Å². The number of Topliss-reactive ketones (excluding diaryl/α,β-unsaturated/α-hetero) is 1. The van der Waals surface area contributed by atoms with Gasteiger partial charge in [0.1, 0.15) is 4.34 Å². The molecule has 0 aromatic carbocycles. The van der Waals surface area contributed by atoms with Crippen LogP contribution in [0.3, 0.4) is 0 Å². The zero-order valence-electron chi connectivity index (χ0n) is 7.98. The van der Waals surface area contributed by atoms with Gasteiger partial charge < -0.3 is 0 Å². The van der Waals surface area contributed by atoms with Crippen LogP contribution in [-0.4, -0.2) is 5.78 Å². The van der Waals surface area contributed by atoms with Crippen LogP contribution in [-0.2, 0) is 0 Å². The molecule has 78 valence electrons. The number of thiophene rings is 1. The third-order valence-corrected chi connectivity index (χ3v) is 3.45. The first-order valence-corrected chi connectivity index (χ1v) is 6.20. The summed E-state index contributed by atoms with van der Waals surface area (Å²) in [6.45, 7) is 2.11. The third-order valence-electron chi connectivity index (χ3n) is 1.96. The number of carbonyl (C=O) groups is 1. The fourth-order valence-corrected chi connectivity index (χ4v) is 2.70. The third kappa shape index (κ3) is 3.26. The van der Waals surface area contributed by atoms with E-state index in [0.717, 1.165) is 19.3 Å². The molecule has 1 rings (SSSR count). The van der Waals surface area contributed by atoms with Crippen molar-refractivity contribution in [2.45, 2.75) is 32.6 Å². The van der Waals surface area contributed by atoms with Gasteiger partial charge in [0.05, 0.1) is 4.34 Å². The quantitative estimate of drug-likeness (QED) is 0.541. The minimum absolute atomic E-state index is 0.103. The Kier molecular flexibility index (Phi) is 4.93. The van der Waals surface area contributed by atoms with E-state index in [-0.39, 0.29) is 5.78 Å². The van der Waals surface area contributed by atoms with Crippen LogP contribution in [0.4, 0.5) is 0 Å². The molecule has 1 heterocycles. The van der Waals surface area contributed by atoms with E-state index in [1.165, 1.54) is 11.3 Å². The highest BCUT2D eigenvalue weighted by Crippen LogP contribution is 2.32. The summed E-state index contributed by atoms with van der Waals surface area (Å²) < 4.78 is 1.09. The Balaban J connectivity index is 2.56. The number of unbranched alkanes of at least 4 members (excludes halogenated alkanes) is 2. The van der Waals surface area contributed by atoms with Crippen molar-refractivity contribution in [2.24, 2.45) is 0 Å². The second-order valence-corrected chi connectivity index (χ2v) is 5.40. The number of hydrogen-bond acceptors (Lipinski definition) is 2. The fraction of sp³-hybridized carbons (Fsp3) is 0.500. The van der Waals surface area contributed by atoms with E-state index in [4.69, 9.17) is 23.2 Å². The molecule has 4 heteroatoms. The van der Waals surface area contributed by atoms with Gasteiger partial charge in [0.15, 0.2) is 5.78 Å². The van der Waals surface area contributed by atoms with Crippen molar-refractivity contribution in [3.05, 3.63) is 20.3 Å². The largest absolute Gasteiger partial charge is 0.294 e. The SMILES string of the molecule is CCCCCC(=O)c1cc(Cl)sc1Cl. The molecule has 0 spiro atoms. The van der Waals surface area contributed by atoms with Crippen LogP contribution >= 0.6 is 34.5 Å². The fourth-order valence-electron chi connectivity index (χ4n) is 1.20. The highest BCUT2D eigenvalue weighted by atomic mass is 35.5. The minimum Gasteiger partial charge on any atom is -0.294 e.